The van der Waals surface area contributed by atoms with Gasteiger partial charge in [-0.05, 0) is 0 Å². The summed E-state index contributed by atoms with van der Waals surface area (Å²) < 4.78 is 21.9. The van der Waals surface area contributed by atoms with Crippen molar-refractivity contribution in [1.82, 2.24) is 0 Å². The van der Waals surface area contributed by atoms with E-state index >= 15 is 0 Å². The fourth-order valence-corrected chi connectivity index (χ4v) is 0.717. The van der Waals surface area contributed by atoms with E-state index in [0.717, 1.165) is 5.94 Å². The van der Waals surface area contributed by atoms with E-state index in [1.54, 1.807) is 0 Å². The monoisotopic (exact) mass is 162 g/mol. The van der Waals surface area contributed by atoms with Crippen LogP contribution in [-0.4, -0.2) is 26.5 Å². The van der Waals surface area contributed by atoms with Gasteiger partial charge in [0.2, 0.25) is 0 Å². The van der Waals surface area contributed by atoms with Gasteiger partial charge in [0.05, 0.1) is 5.92 Å². The summed E-state index contributed by atoms with van der Waals surface area (Å²) in [4.78, 5) is 9.83. The van der Waals surface area contributed by atoms with Crippen LogP contribution in [0, 0.1) is 5.92 Å². The minimum absolute atomic E-state index is 0.706. The lowest BCUT2D eigenvalue weighted by Gasteiger charge is -2.17. The first-order valence-corrected chi connectivity index (χ1v) is 3.13. The van der Waals surface area contributed by atoms with E-state index in [2.05, 4.69) is 0 Å². The van der Waals surface area contributed by atoms with Crippen molar-refractivity contribution in [3.8, 4) is 0 Å². The SMILES string of the molecule is COC(OC)C(C)C(F)=C=O. The number of carbonyl (C=O) groups excluding carboxylic acids is 1. The molecule has 64 valence electrons. The van der Waals surface area contributed by atoms with Crippen molar-refractivity contribution in [2.45, 2.75) is 13.2 Å². The van der Waals surface area contributed by atoms with Crippen molar-refractivity contribution >= 4 is 5.94 Å². The van der Waals surface area contributed by atoms with Crippen LogP contribution < -0.4 is 0 Å². The minimum Gasteiger partial charge on any atom is -0.355 e. The summed E-state index contributed by atoms with van der Waals surface area (Å²) in [5.74, 6) is -0.442. The predicted molar refractivity (Wildman–Crippen MR) is 37.3 cm³/mol. The summed E-state index contributed by atoms with van der Waals surface area (Å²) in [6.07, 6.45) is -0.726. The van der Waals surface area contributed by atoms with Crippen LogP contribution in [0.3, 0.4) is 0 Å². The fourth-order valence-electron chi connectivity index (χ4n) is 0.717. The van der Waals surface area contributed by atoms with E-state index in [1.807, 2.05) is 0 Å². The van der Waals surface area contributed by atoms with E-state index in [-0.39, 0.29) is 0 Å². The van der Waals surface area contributed by atoms with Gasteiger partial charge in [-0.3, -0.25) is 0 Å². The summed E-state index contributed by atoms with van der Waals surface area (Å²) in [6.45, 7) is 1.48. The van der Waals surface area contributed by atoms with Gasteiger partial charge in [-0.2, -0.15) is 4.39 Å². The minimum atomic E-state index is -0.890. The molecule has 0 saturated carbocycles. The van der Waals surface area contributed by atoms with Crippen LogP contribution >= 0.6 is 0 Å². The molecule has 0 saturated heterocycles. The number of rotatable bonds is 4. The van der Waals surface area contributed by atoms with Crippen LogP contribution in [0.15, 0.2) is 5.83 Å². The third kappa shape index (κ3) is 2.80. The van der Waals surface area contributed by atoms with Crippen molar-refractivity contribution in [2.24, 2.45) is 5.92 Å². The third-order valence-electron chi connectivity index (χ3n) is 1.37. The Morgan fingerprint density at radius 2 is 1.91 bits per heavy atom. The van der Waals surface area contributed by atoms with Gasteiger partial charge in [0, 0.05) is 14.2 Å². The smallest absolute Gasteiger partial charge is 0.191 e. The van der Waals surface area contributed by atoms with Crippen LogP contribution in [0.2, 0.25) is 0 Å². The van der Waals surface area contributed by atoms with Gasteiger partial charge in [0.25, 0.3) is 0 Å². The molecule has 1 atom stereocenters. The highest BCUT2D eigenvalue weighted by atomic mass is 19.1. The summed E-state index contributed by atoms with van der Waals surface area (Å²) in [5, 5.41) is 0. The number of hydrogen-bond donors (Lipinski definition) is 0. The lowest BCUT2D eigenvalue weighted by atomic mass is 10.1. The Kier molecular flexibility index (Phi) is 4.70. The highest BCUT2D eigenvalue weighted by molar-refractivity contribution is 5.49. The Balaban J connectivity index is 4.19. The first kappa shape index (κ1) is 10.3. The van der Waals surface area contributed by atoms with Crippen LogP contribution in [0.5, 0.6) is 0 Å². The molecule has 0 rings (SSSR count). The zero-order valence-corrected chi connectivity index (χ0v) is 6.76. The molecule has 0 spiro atoms. The first-order chi connectivity index (χ1) is 5.17. The predicted octanol–water partition coefficient (Wildman–Crippen LogP) is 0.926. The molecule has 1 unspecified atom stereocenters. The van der Waals surface area contributed by atoms with Crippen LogP contribution in [0.4, 0.5) is 4.39 Å². The normalized spacial score (nSPS) is 12.8. The van der Waals surface area contributed by atoms with E-state index in [9.17, 15) is 9.18 Å². The Labute approximate surface area is 64.8 Å². The Morgan fingerprint density at radius 1 is 1.45 bits per heavy atom. The quantitative estimate of drug-likeness (QED) is 0.455. The highest BCUT2D eigenvalue weighted by Gasteiger charge is 2.20. The van der Waals surface area contributed by atoms with Crippen LogP contribution in [0.1, 0.15) is 6.92 Å². The van der Waals surface area contributed by atoms with Crippen LogP contribution in [-0.2, 0) is 14.3 Å². The molecule has 0 bridgehead atoms. The maximum absolute atomic E-state index is 12.5. The molecule has 11 heavy (non-hydrogen) atoms. The molecule has 0 aliphatic rings. The molecule has 0 aliphatic heterocycles. The van der Waals surface area contributed by atoms with E-state index in [1.165, 1.54) is 21.1 Å². The molecule has 0 aliphatic carbocycles. The van der Waals surface area contributed by atoms with Crippen molar-refractivity contribution in [3.63, 3.8) is 0 Å². The summed E-state index contributed by atoms with van der Waals surface area (Å²) in [6, 6.07) is 0. The molecule has 0 fully saturated rings. The number of ether oxygens (including phenoxy) is 2. The molecular formula is C7H11FO3. The second-order valence-electron chi connectivity index (χ2n) is 2.08. The largest absolute Gasteiger partial charge is 0.355 e. The topological polar surface area (TPSA) is 35.5 Å². The first-order valence-electron chi connectivity index (χ1n) is 3.13. The Bertz CT molecular complexity index is 159. The highest BCUT2D eigenvalue weighted by Crippen LogP contribution is 2.15. The molecule has 0 N–H and O–H groups in total. The van der Waals surface area contributed by atoms with Gasteiger partial charge in [-0.15, -0.1) is 0 Å². The van der Waals surface area contributed by atoms with E-state index < -0.39 is 18.0 Å². The molecule has 3 nitrogen and oxygen atoms in total. The van der Waals surface area contributed by atoms with Crippen molar-refractivity contribution in [3.05, 3.63) is 5.83 Å². The average molecular weight is 162 g/mol. The lowest BCUT2D eigenvalue weighted by molar-refractivity contribution is -0.128. The van der Waals surface area contributed by atoms with Gasteiger partial charge in [-0.1, -0.05) is 6.92 Å². The molecule has 0 aromatic carbocycles. The van der Waals surface area contributed by atoms with E-state index in [0.29, 0.717) is 0 Å². The van der Waals surface area contributed by atoms with Crippen molar-refractivity contribution in [2.75, 3.05) is 14.2 Å². The Hall–Kier alpha value is -0.700. The molecule has 0 amide bonds. The second-order valence-corrected chi connectivity index (χ2v) is 2.08. The standard InChI is InChI=1S/C7H11FO3/c1-5(6(8)4-9)7(10-2)11-3/h5,7H,1-3H3. The molecule has 4 heteroatoms. The maximum Gasteiger partial charge on any atom is 0.191 e. The molecule has 0 aromatic heterocycles. The molecular weight excluding hydrogens is 151 g/mol. The fraction of sp³-hybridized carbons (Fsp3) is 0.714. The lowest BCUT2D eigenvalue weighted by Crippen LogP contribution is -2.23. The third-order valence-corrected chi connectivity index (χ3v) is 1.37. The van der Waals surface area contributed by atoms with Gasteiger partial charge >= 0.3 is 0 Å². The van der Waals surface area contributed by atoms with Gasteiger partial charge in [0.15, 0.2) is 18.1 Å². The van der Waals surface area contributed by atoms with E-state index in [4.69, 9.17) is 9.47 Å². The zero-order chi connectivity index (χ0) is 8.85. The molecule has 0 aromatic rings. The van der Waals surface area contributed by atoms with Gasteiger partial charge in [-0.25, -0.2) is 4.79 Å². The summed E-state index contributed by atoms with van der Waals surface area (Å²) >= 11 is 0. The van der Waals surface area contributed by atoms with Gasteiger partial charge in [0.1, 0.15) is 0 Å². The van der Waals surface area contributed by atoms with Crippen molar-refractivity contribution in [1.29, 1.82) is 0 Å². The number of methoxy groups -OCH3 is 2. The summed E-state index contributed by atoms with van der Waals surface area (Å²) in [5.41, 5.74) is 0. The summed E-state index contributed by atoms with van der Waals surface area (Å²) in [7, 11) is 2.76. The number of hydrogen-bond acceptors (Lipinski definition) is 3. The number of halogens is 1. The zero-order valence-electron chi connectivity index (χ0n) is 6.76. The average Bonchev–Trinajstić information content (AvgIpc) is 2.05. The van der Waals surface area contributed by atoms with Gasteiger partial charge < -0.3 is 9.47 Å². The second kappa shape index (κ2) is 5.02. The van der Waals surface area contributed by atoms with Crippen molar-refractivity contribution < 1.29 is 18.7 Å². The molecule has 0 radical (unpaired) electrons. The van der Waals surface area contributed by atoms with Crippen LogP contribution in [0.25, 0.3) is 0 Å². The Morgan fingerprint density at radius 3 is 2.18 bits per heavy atom. The molecule has 0 heterocycles. The maximum atomic E-state index is 12.5.